The molecule has 0 bridgehead atoms. The number of carboxylic acids is 1. The number of amides is 1. The molecule has 2 rings (SSSR count). The molecule has 1 unspecified atom stereocenters. The van der Waals surface area contributed by atoms with Crippen molar-refractivity contribution in [1.29, 1.82) is 0 Å². The molecule has 1 saturated heterocycles. The summed E-state index contributed by atoms with van der Waals surface area (Å²) in [6, 6.07) is 4.47. The summed E-state index contributed by atoms with van der Waals surface area (Å²) in [5.41, 5.74) is -0.0318. The molecule has 1 aliphatic rings. The Bertz CT molecular complexity index is 490. The third kappa shape index (κ3) is 2.65. The number of cyclic esters (lactones) is 1. The van der Waals surface area contributed by atoms with E-state index in [1.807, 2.05) is 0 Å². The SMILES string of the molecule is O=C1NCC(COc2cccc(C(=O)O)c2Cl)O1. The maximum atomic E-state index is 10.9. The molecule has 1 aromatic rings. The molecule has 1 amide bonds. The Kier molecular flexibility index (Phi) is 3.57. The molecular formula is C11H10ClNO5. The van der Waals surface area contributed by atoms with E-state index in [-0.39, 0.29) is 22.9 Å². The Hall–Kier alpha value is -1.95. The maximum absolute atomic E-state index is 10.9. The molecule has 0 aromatic heterocycles. The maximum Gasteiger partial charge on any atom is 0.407 e. The van der Waals surface area contributed by atoms with Gasteiger partial charge < -0.3 is 19.9 Å². The standard InChI is InChI=1S/C11H10ClNO5/c12-9-7(10(14)15)2-1-3-8(9)17-5-6-4-13-11(16)18-6/h1-3,6H,4-5H2,(H,13,16)(H,14,15). The first-order valence-electron chi connectivity index (χ1n) is 5.17. The fourth-order valence-corrected chi connectivity index (χ4v) is 1.76. The van der Waals surface area contributed by atoms with Crippen molar-refractivity contribution in [2.45, 2.75) is 6.10 Å². The molecule has 0 saturated carbocycles. The van der Waals surface area contributed by atoms with Crippen LogP contribution in [0, 0.1) is 0 Å². The molecule has 0 aliphatic carbocycles. The second kappa shape index (κ2) is 5.14. The minimum absolute atomic E-state index is 0.0299. The molecular weight excluding hydrogens is 262 g/mol. The van der Waals surface area contributed by atoms with E-state index in [9.17, 15) is 9.59 Å². The number of carboxylic acid groups (broad SMARTS) is 1. The van der Waals surface area contributed by atoms with Crippen molar-refractivity contribution < 1.29 is 24.2 Å². The van der Waals surface area contributed by atoms with Gasteiger partial charge in [0.15, 0.2) is 6.10 Å². The predicted octanol–water partition coefficient (Wildman–Crippen LogP) is 1.53. The molecule has 1 atom stereocenters. The lowest BCUT2D eigenvalue weighted by Crippen LogP contribution is -2.22. The number of halogens is 1. The van der Waals surface area contributed by atoms with Gasteiger partial charge in [-0.3, -0.25) is 0 Å². The third-order valence-electron chi connectivity index (χ3n) is 2.37. The van der Waals surface area contributed by atoms with Crippen molar-refractivity contribution >= 4 is 23.7 Å². The number of carbonyl (C=O) groups excluding carboxylic acids is 1. The van der Waals surface area contributed by atoms with Gasteiger partial charge in [-0.1, -0.05) is 17.7 Å². The summed E-state index contributed by atoms with van der Waals surface area (Å²) >= 11 is 5.89. The molecule has 7 heteroatoms. The quantitative estimate of drug-likeness (QED) is 0.867. The van der Waals surface area contributed by atoms with Crippen molar-refractivity contribution in [2.24, 2.45) is 0 Å². The van der Waals surface area contributed by atoms with Crippen molar-refractivity contribution in [3.63, 3.8) is 0 Å². The molecule has 1 fully saturated rings. The normalized spacial score (nSPS) is 18.1. The Morgan fingerprint density at radius 1 is 1.61 bits per heavy atom. The monoisotopic (exact) mass is 271 g/mol. The number of carbonyl (C=O) groups is 2. The lowest BCUT2D eigenvalue weighted by atomic mass is 10.2. The summed E-state index contributed by atoms with van der Waals surface area (Å²) in [5, 5.41) is 11.4. The first-order chi connectivity index (χ1) is 8.58. The molecule has 1 heterocycles. The van der Waals surface area contributed by atoms with Gasteiger partial charge in [-0.2, -0.15) is 0 Å². The lowest BCUT2D eigenvalue weighted by molar-refractivity contribution is 0.0696. The van der Waals surface area contributed by atoms with Gasteiger partial charge in [-0.15, -0.1) is 0 Å². The van der Waals surface area contributed by atoms with Crippen LogP contribution in [0.2, 0.25) is 5.02 Å². The summed E-state index contributed by atoms with van der Waals surface area (Å²) < 4.78 is 10.2. The zero-order valence-electron chi connectivity index (χ0n) is 9.18. The largest absolute Gasteiger partial charge is 0.488 e. The van der Waals surface area contributed by atoms with E-state index in [2.05, 4.69) is 5.32 Å². The average molecular weight is 272 g/mol. The van der Waals surface area contributed by atoms with Crippen LogP contribution in [-0.2, 0) is 4.74 Å². The fraction of sp³-hybridized carbons (Fsp3) is 0.273. The summed E-state index contributed by atoms with van der Waals surface area (Å²) in [5.74, 6) is -0.876. The molecule has 1 aromatic carbocycles. The van der Waals surface area contributed by atoms with Crippen LogP contribution in [0.25, 0.3) is 0 Å². The number of hydrogen-bond donors (Lipinski definition) is 2. The van der Waals surface area contributed by atoms with Gasteiger partial charge in [0.1, 0.15) is 12.4 Å². The van der Waals surface area contributed by atoms with Crippen molar-refractivity contribution in [2.75, 3.05) is 13.2 Å². The van der Waals surface area contributed by atoms with Gasteiger partial charge in [0, 0.05) is 0 Å². The number of nitrogens with one attached hydrogen (secondary N) is 1. The van der Waals surface area contributed by atoms with Crippen LogP contribution in [0.4, 0.5) is 4.79 Å². The van der Waals surface area contributed by atoms with E-state index in [1.165, 1.54) is 12.1 Å². The first kappa shape index (κ1) is 12.5. The topological polar surface area (TPSA) is 84.9 Å². The predicted molar refractivity (Wildman–Crippen MR) is 62.2 cm³/mol. The van der Waals surface area contributed by atoms with Crippen LogP contribution in [0.5, 0.6) is 5.75 Å². The van der Waals surface area contributed by atoms with Crippen LogP contribution in [0.3, 0.4) is 0 Å². The summed E-state index contributed by atoms with van der Waals surface area (Å²) in [7, 11) is 0. The van der Waals surface area contributed by atoms with Crippen molar-refractivity contribution in [3.05, 3.63) is 28.8 Å². The Morgan fingerprint density at radius 3 is 3.00 bits per heavy atom. The number of hydrogen-bond acceptors (Lipinski definition) is 4. The van der Waals surface area contributed by atoms with Gasteiger partial charge in [0.05, 0.1) is 17.1 Å². The highest BCUT2D eigenvalue weighted by Crippen LogP contribution is 2.28. The molecule has 0 spiro atoms. The molecule has 96 valence electrons. The Morgan fingerprint density at radius 2 is 2.39 bits per heavy atom. The van der Waals surface area contributed by atoms with E-state index in [4.69, 9.17) is 26.2 Å². The highest BCUT2D eigenvalue weighted by atomic mass is 35.5. The Labute approximate surface area is 107 Å². The number of benzene rings is 1. The van der Waals surface area contributed by atoms with Gasteiger partial charge in [0.25, 0.3) is 0 Å². The van der Waals surface area contributed by atoms with Gasteiger partial charge in [-0.25, -0.2) is 9.59 Å². The zero-order valence-corrected chi connectivity index (χ0v) is 9.94. The molecule has 1 aliphatic heterocycles. The minimum atomic E-state index is -1.13. The average Bonchev–Trinajstić information content (AvgIpc) is 2.73. The van der Waals surface area contributed by atoms with E-state index in [1.54, 1.807) is 6.07 Å². The molecule has 2 N–H and O–H groups in total. The number of rotatable bonds is 4. The molecule has 18 heavy (non-hydrogen) atoms. The van der Waals surface area contributed by atoms with Crippen LogP contribution >= 0.6 is 11.6 Å². The van der Waals surface area contributed by atoms with E-state index >= 15 is 0 Å². The summed E-state index contributed by atoms with van der Waals surface area (Å²) in [4.78, 5) is 21.6. The minimum Gasteiger partial charge on any atom is -0.488 e. The smallest absolute Gasteiger partial charge is 0.407 e. The van der Waals surface area contributed by atoms with Crippen molar-refractivity contribution in [1.82, 2.24) is 5.32 Å². The van der Waals surface area contributed by atoms with Crippen molar-refractivity contribution in [3.8, 4) is 5.75 Å². The number of ether oxygens (including phenoxy) is 2. The fourth-order valence-electron chi connectivity index (χ4n) is 1.49. The van der Waals surface area contributed by atoms with E-state index < -0.39 is 18.2 Å². The Balaban J connectivity index is 2.03. The number of alkyl carbamates (subject to hydrolysis) is 1. The third-order valence-corrected chi connectivity index (χ3v) is 2.76. The molecule has 0 radical (unpaired) electrons. The van der Waals surface area contributed by atoms with Gasteiger partial charge >= 0.3 is 12.1 Å². The highest BCUT2D eigenvalue weighted by Gasteiger charge is 2.23. The van der Waals surface area contributed by atoms with Crippen LogP contribution < -0.4 is 10.1 Å². The summed E-state index contributed by atoms with van der Waals surface area (Å²) in [6.45, 7) is 0.469. The zero-order chi connectivity index (χ0) is 13.1. The lowest BCUT2D eigenvalue weighted by Gasteiger charge is -2.12. The number of aromatic carboxylic acids is 1. The highest BCUT2D eigenvalue weighted by molar-refractivity contribution is 6.34. The molecule has 6 nitrogen and oxygen atoms in total. The second-order valence-electron chi connectivity index (χ2n) is 3.64. The second-order valence-corrected chi connectivity index (χ2v) is 4.02. The van der Waals surface area contributed by atoms with Crippen LogP contribution in [-0.4, -0.2) is 36.4 Å². The van der Waals surface area contributed by atoms with Crippen LogP contribution in [0.1, 0.15) is 10.4 Å². The summed E-state index contributed by atoms with van der Waals surface area (Å²) in [6.07, 6.45) is -0.893. The van der Waals surface area contributed by atoms with E-state index in [0.717, 1.165) is 0 Å². The first-order valence-corrected chi connectivity index (χ1v) is 5.55. The van der Waals surface area contributed by atoms with E-state index in [0.29, 0.717) is 6.54 Å². The van der Waals surface area contributed by atoms with Gasteiger partial charge in [0.2, 0.25) is 0 Å². The van der Waals surface area contributed by atoms with Gasteiger partial charge in [-0.05, 0) is 12.1 Å². The van der Waals surface area contributed by atoms with Crippen LogP contribution in [0.15, 0.2) is 18.2 Å².